The number of rotatable bonds is 1. The van der Waals surface area contributed by atoms with Gasteiger partial charge in [0, 0.05) is 0 Å². The van der Waals surface area contributed by atoms with E-state index in [0.29, 0.717) is 0 Å². The van der Waals surface area contributed by atoms with Gasteiger partial charge in [-0.25, -0.2) is 0 Å². The lowest BCUT2D eigenvalue weighted by Crippen LogP contribution is -2.47. The molecule has 3 unspecified atom stereocenters. The predicted molar refractivity (Wildman–Crippen MR) is 48.0 cm³/mol. The maximum absolute atomic E-state index is 11.5. The Kier molecular flexibility index (Phi) is 2.34. The van der Waals surface area contributed by atoms with E-state index in [1.54, 1.807) is 0 Å². The highest BCUT2D eigenvalue weighted by molar-refractivity contribution is 5.98. The van der Waals surface area contributed by atoms with Gasteiger partial charge >= 0.3 is 0 Å². The first-order valence-electron chi connectivity index (χ1n) is 4.50. The van der Waals surface area contributed by atoms with Crippen molar-refractivity contribution < 1.29 is 30.3 Å². The molecule has 0 spiro atoms. The van der Waals surface area contributed by atoms with Crippen LogP contribution in [0, 0.1) is 0 Å². The SMILES string of the molecule is O=C1c2nc(O)c(O)n2C(CO)C(O)C1O. The van der Waals surface area contributed by atoms with Crippen LogP contribution < -0.4 is 0 Å². The summed E-state index contributed by atoms with van der Waals surface area (Å²) < 4.78 is 0.801. The van der Waals surface area contributed by atoms with Crippen LogP contribution in [0.25, 0.3) is 0 Å². The molecule has 1 aliphatic heterocycles. The van der Waals surface area contributed by atoms with E-state index in [1.165, 1.54) is 0 Å². The van der Waals surface area contributed by atoms with Gasteiger partial charge in [0.15, 0.2) is 5.82 Å². The number of aliphatic hydroxyl groups is 3. The van der Waals surface area contributed by atoms with Crippen LogP contribution in [0.15, 0.2) is 0 Å². The maximum atomic E-state index is 11.5. The topological polar surface area (TPSA) is 136 Å². The van der Waals surface area contributed by atoms with Crippen molar-refractivity contribution in [3.63, 3.8) is 0 Å². The molecule has 88 valence electrons. The molecule has 1 aromatic heterocycles. The summed E-state index contributed by atoms with van der Waals surface area (Å²) in [6.45, 7) is -0.623. The average Bonchev–Trinajstić information content (AvgIpc) is 2.55. The molecule has 0 saturated heterocycles. The molecule has 1 aliphatic rings. The molecule has 1 aromatic rings. The number of ketones is 1. The third kappa shape index (κ3) is 1.21. The minimum atomic E-state index is -1.73. The molecule has 0 aliphatic carbocycles. The highest BCUT2D eigenvalue weighted by Gasteiger charge is 2.43. The summed E-state index contributed by atoms with van der Waals surface area (Å²) in [6.07, 6.45) is -3.30. The molecule has 8 heteroatoms. The lowest BCUT2D eigenvalue weighted by atomic mass is 9.97. The van der Waals surface area contributed by atoms with Gasteiger partial charge in [0.25, 0.3) is 11.8 Å². The molecule has 0 fully saturated rings. The van der Waals surface area contributed by atoms with Gasteiger partial charge in [-0.15, -0.1) is 0 Å². The zero-order chi connectivity index (χ0) is 12.0. The van der Waals surface area contributed by atoms with E-state index in [0.717, 1.165) is 4.57 Å². The lowest BCUT2D eigenvalue weighted by Gasteiger charge is -2.31. The summed E-state index contributed by atoms with van der Waals surface area (Å²) in [4.78, 5) is 14.8. The van der Waals surface area contributed by atoms with E-state index in [1.807, 2.05) is 0 Å². The lowest BCUT2D eigenvalue weighted by molar-refractivity contribution is -0.0286. The quantitative estimate of drug-likeness (QED) is 0.367. The molecule has 5 N–H and O–H groups in total. The molecule has 2 heterocycles. The van der Waals surface area contributed by atoms with Crippen LogP contribution in [0.3, 0.4) is 0 Å². The molecular weight excluding hydrogens is 220 g/mol. The smallest absolute Gasteiger partial charge is 0.275 e. The summed E-state index contributed by atoms with van der Waals surface area (Å²) >= 11 is 0. The number of hydrogen-bond donors (Lipinski definition) is 5. The number of fused-ring (bicyclic) bond motifs is 1. The second-order valence-electron chi connectivity index (χ2n) is 3.50. The van der Waals surface area contributed by atoms with Gasteiger partial charge in [-0.2, -0.15) is 4.98 Å². The van der Waals surface area contributed by atoms with Crippen molar-refractivity contribution in [2.45, 2.75) is 18.2 Å². The number of aliphatic hydroxyl groups excluding tert-OH is 3. The first kappa shape index (κ1) is 10.9. The van der Waals surface area contributed by atoms with Gasteiger partial charge in [-0.05, 0) is 0 Å². The summed E-state index contributed by atoms with van der Waals surface area (Å²) in [6, 6.07) is -1.13. The van der Waals surface area contributed by atoms with Crippen molar-refractivity contribution >= 4 is 5.78 Å². The Balaban J connectivity index is 2.63. The minimum absolute atomic E-state index is 0.396. The Morgan fingerprint density at radius 3 is 2.50 bits per heavy atom. The number of hydrogen-bond acceptors (Lipinski definition) is 7. The molecule has 8 nitrogen and oxygen atoms in total. The fourth-order valence-electron chi connectivity index (χ4n) is 1.74. The van der Waals surface area contributed by atoms with Crippen LogP contribution in [0.4, 0.5) is 0 Å². The fraction of sp³-hybridized carbons (Fsp3) is 0.500. The highest BCUT2D eigenvalue weighted by Crippen LogP contribution is 2.35. The highest BCUT2D eigenvalue weighted by atomic mass is 16.3. The Hall–Kier alpha value is -1.64. The number of aromatic nitrogens is 2. The van der Waals surface area contributed by atoms with E-state index in [-0.39, 0.29) is 0 Å². The normalized spacial score (nSPS) is 29.2. The van der Waals surface area contributed by atoms with Crippen molar-refractivity contribution in [1.82, 2.24) is 9.55 Å². The zero-order valence-corrected chi connectivity index (χ0v) is 7.98. The van der Waals surface area contributed by atoms with E-state index < -0.39 is 48.2 Å². The number of nitrogens with zero attached hydrogens (tertiary/aromatic N) is 2. The monoisotopic (exact) mass is 230 g/mol. The van der Waals surface area contributed by atoms with E-state index in [4.69, 9.17) is 10.2 Å². The van der Waals surface area contributed by atoms with Crippen molar-refractivity contribution in [2.24, 2.45) is 0 Å². The van der Waals surface area contributed by atoms with Crippen molar-refractivity contribution in [3.05, 3.63) is 5.82 Å². The molecule has 16 heavy (non-hydrogen) atoms. The standard InChI is InChI=1S/C8H10N2O6/c11-1-2-3(12)4(13)5(14)6-9-7(15)8(16)10(2)6/h2-4,11-13,15-16H,1H2. The van der Waals surface area contributed by atoms with Crippen LogP contribution in [-0.2, 0) is 0 Å². The second kappa shape index (κ2) is 3.44. The number of carbonyl (C=O) groups is 1. The molecule has 0 bridgehead atoms. The Morgan fingerprint density at radius 1 is 1.31 bits per heavy atom. The predicted octanol–water partition coefficient (Wildman–Crippen LogP) is -2.25. The minimum Gasteiger partial charge on any atom is -0.491 e. The molecule has 0 radical (unpaired) electrons. The summed E-state index contributed by atoms with van der Waals surface area (Å²) in [5, 5.41) is 46.4. The zero-order valence-electron chi connectivity index (χ0n) is 7.98. The summed E-state index contributed by atoms with van der Waals surface area (Å²) in [5.41, 5.74) is 0. The van der Waals surface area contributed by atoms with Gasteiger partial charge in [0.1, 0.15) is 12.2 Å². The third-order valence-corrected chi connectivity index (χ3v) is 2.59. The van der Waals surface area contributed by atoms with Gasteiger partial charge in [0.2, 0.25) is 5.78 Å². The summed E-state index contributed by atoms with van der Waals surface area (Å²) in [5.74, 6) is -2.84. The molecule has 0 saturated carbocycles. The average molecular weight is 230 g/mol. The number of Topliss-reactive ketones (excluding diaryl/α,β-unsaturated/α-hetero) is 1. The number of aromatic hydroxyl groups is 2. The van der Waals surface area contributed by atoms with Crippen LogP contribution in [-0.4, -0.2) is 59.7 Å². The first-order valence-corrected chi connectivity index (χ1v) is 4.50. The van der Waals surface area contributed by atoms with Crippen molar-refractivity contribution in [2.75, 3.05) is 6.61 Å². The van der Waals surface area contributed by atoms with E-state index in [9.17, 15) is 20.1 Å². The Morgan fingerprint density at radius 2 is 1.94 bits per heavy atom. The largest absolute Gasteiger partial charge is 0.491 e. The van der Waals surface area contributed by atoms with E-state index >= 15 is 0 Å². The van der Waals surface area contributed by atoms with Crippen LogP contribution in [0.2, 0.25) is 0 Å². The molecule has 3 atom stereocenters. The Labute approximate surface area is 89.0 Å². The van der Waals surface area contributed by atoms with Gasteiger partial charge < -0.3 is 25.5 Å². The van der Waals surface area contributed by atoms with Crippen LogP contribution in [0.1, 0.15) is 16.7 Å². The fourth-order valence-corrected chi connectivity index (χ4v) is 1.74. The van der Waals surface area contributed by atoms with Gasteiger partial charge in [0.05, 0.1) is 12.6 Å². The first-order chi connectivity index (χ1) is 7.49. The van der Waals surface area contributed by atoms with Crippen LogP contribution in [0.5, 0.6) is 11.8 Å². The number of imidazole rings is 1. The van der Waals surface area contributed by atoms with Crippen LogP contribution >= 0.6 is 0 Å². The number of carbonyl (C=O) groups excluding carboxylic acids is 1. The van der Waals surface area contributed by atoms with Gasteiger partial charge in [-0.3, -0.25) is 9.36 Å². The van der Waals surface area contributed by atoms with Gasteiger partial charge in [-0.1, -0.05) is 0 Å². The molecule has 0 aromatic carbocycles. The maximum Gasteiger partial charge on any atom is 0.275 e. The summed E-state index contributed by atoms with van der Waals surface area (Å²) in [7, 11) is 0. The van der Waals surface area contributed by atoms with Crippen molar-refractivity contribution in [3.8, 4) is 11.8 Å². The second-order valence-corrected chi connectivity index (χ2v) is 3.50. The van der Waals surface area contributed by atoms with E-state index in [2.05, 4.69) is 4.98 Å². The molecular formula is C8H10N2O6. The molecule has 2 rings (SSSR count). The third-order valence-electron chi connectivity index (χ3n) is 2.59. The van der Waals surface area contributed by atoms with Crippen molar-refractivity contribution in [1.29, 1.82) is 0 Å². The Bertz CT molecular complexity index is 442. The molecule has 0 amide bonds.